The maximum Gasteiger partial charge on any atom is 0.242 e. The molecule has 2 rings (SSSR count). The number of benzene rings is 1. The molecule has 1 atom stereocenters. The Morgan fingerprint density at radius 2 is 2.17 bits per heavy atom. The highest BCUT2D eigenvalue weighted by Gasteiger charge is 2.23. The minimum absolute atomic E-state index is 0.0989. The lowest BCUT2D eigenvalue weighted by Crippen LogP contribution is -2.41. The van der Waals surface area contributed by atoms with Crippen LogP contribution in [0.1, 0.15) is 24.7 Å². The second-order valence-electron chi connectivity index (χ2n) is 5.46. The van der Waals surface area contributed by atoms with Crippen LogP contribution < -0.4 is 10.1 Å². The Bertz CT molecular complexity index is 654. The maximum atomic E-state index is 12.5. The Morgan fingerprint density at radius 3 is 2.78 bits per heavy atom. The zero-order valence-electron chi connectivity index (χ0n) is 14.0. The summed E-state index contributed by atoms with van der Waals surface area (Å²) in [4.78, 5) is 14.5. The predicted molar refractivity (Wildman–Crippen MR) is 88.4 cm³/mol. The molecule has 0 aliphatic carbocycles. The van der Waals surface area contributed by atoms with Gasteiger partial charge in [-0.3, -0.25) is 9.69 Å². The number of anilines is 1. The molecule has 0 bridgehead atoms. The van der Waals surface area contributed by atoms with Gasteiger partial charge in [-0.1, -0.05) is 30.3 Å². The van der Waals surface area contributed by atoms with Crippen molar-refractivity contribution in [3.63, 3.8) is 0 Å². The predicted octanol–water partition coefficient (Wildman–Crippen LogP) is 2.84. The number of nitrogens with zero attached hydrogens (tertiary/aromatic N) is 2. The van der Waals surface area contributed by atoms with E-state index in [9.17, 15) is 4.79 Å². The molecule has 124 valence electrons. The SMILES string of the molecule is CCC(C(=O)Nc1cc(C)on1)N(C)Cc1ccccc1OC. The maximum absolute atomic E-state index is 12.5. The summed E-state index contributed by atoms with van der Waals surface area (Å²) in [7, 11) is 3.57. The molecule has 1 heterocycles. The molecule has 0 radical (unpaired) electrons. The number of nitrogens with one attached hydrogen (secondary N) is 1. The van der Waals surface area contributed by atoms with Gasteiger partial charge in [-0.15, -0.1) is 0 Å². The molecule has 0 spiro atoms. The number of aryl methyl sites for hydroxylation is 1. The molecule has 0 saturated carbocycles. The van der Waals surface area contributed by atoms with E-state index in [1.807, 2.05) is 43.1 Å². The van der Waals surface area contributed by atoms with E-state index in [1.165, 1.54) is 0 Å². The minimum atomic E-state index is -0.267. The first kappa shape index (κ1) is 17.0. The lowest BCUT2D eigenvalue weighted by atomic mass is 10.1. The number of ether oxygens (including phenoxy) is 1. The zero-order chi connectivity index (χ0) is 16.8. The van der Waals surface area contributed by atoms with E-state index in [0.717, 1.165) is 11.3 Å². The second-order valence-corrected chi connectivity index (χ2v) is 5.46. The average molecular weight is 317 g/mol. The van der Waals surface area contributed by atoms with Gasteiger partial charge in [-0.2, -0.15) is 0 Å². The Kier molecular flexibility index (Phi) is 5.76. The molecule has 1 amide bonds. The van der Waals surface area contributed by atoms with Crippen LogP contribution in [-0.2, 0) is 11.3 Å². The van der Waals surface area contributed by atoms with Crippen LogP contribution in [0.2, 0.25) is 0 Å². The van der Waals surface area contributed by atoms with Gasteiger partial charge in [-0.25, -0.2) is 0 Å². The number of aromatic nitrogens is 1. The summed E-state index contributed by atoms with van der Waals surface area (Å²) in [6, 6.07) is 9.25. The fraction of sp³-hybridized carbons (Fsp3) is 0.412. The number of methoxy groups -OCH3 is 1. The van der Waals surface area contributed by atoms with E-state index in [1.54, 1.807) is 20.1 Å². The molecule has 2 aromatic rings. The lowest BCUT2D eigenvalue weighted by molar-refractivity contribution is -0.121. The Labute approximate surface area is 136 Å². The van der Waals surface area contributed by atoms with Gasteiger partial charge in [0.1, 0.15) is 11.5 Å². The van der Waals surface area contributed by atoms with Crippen LogP contribution in [0.15, 0.2) is 34.9 Å². The molecule has 0 fully saturated rings. The van der Waals surface area contributed by atoms with Crippen molar-refractivity contribution >= 4 is 11.7 Å². The Hall–Kier alpha value is -2.34. The lowest BCUT2D eigenvalue weighted by Gasteiger charge is -2.26. The van der Waals surface area contributed by atoms with E-state index in [-0.39, 0.29) is 11.9 Å². The summed E-state index contributed by atoms with van der Waals surface area (Å²) in [6.45, 7) is 4.39. The first-order chi connectivity index (χ1) is 11.0. The van der Waals surface area contributed by atoms with Crippen molar-refractivity contribution in [3.05, 3.63) is 41.7 Å². The first-order valence-corrected chi connectivity index (χ1v) is 7.61. The monoisotopic (exact) mass is 317 g/mol. The van der Waals surface area contributed by atoms with E-state index < -0.39 is 0 Å². The van der Waals surface area contributed by atoms with Gasteiger partial charge in [0.2, 0.25) is 5.91 Å². The number of rotatable bonds is 7. The fourth-order valence-corrected chi connectivity index (χ4v) is 2.54. The van der Waals surface area contributed by atoms with Gasteiger partial charge in [0.05, 0.1) is 13.2 Å². The molecule has 1 aromatic heterocycles. The van der Waals surface area contributed by atoms with E-state index in [2.05, 4.69) is 10.5 Å². The van der Waals surface area contributed by atoms with Crippen LogP contribution >= 0.6 is 0 Å². The van der Waals surface area contributed by atoms with Gasteiger partial charge in [-0.05, 0) is 26.5 Å². The van der Waals surface area contributed by atoms with Crippen molar-refractivity contribution in [2.75, 3.05) is 19.5 Å². The van der Waals surface area contributed by atoms with E-state index in [0.29, 0.717) is 24.5 Å². The Morgan fingerprint density at radius 1 is 1.43 bits per heavy atom. The van der Waals surface area contributed by atoms with Gasteiger partial charge in [0.25, 0.3) is 0 Å². The molecule has 6 heteroatoms. The Balaban J connectivity index is 2.05. The molecule has 6 nitrogen and oxygen atoms in total. The number of likely N-dealkylation sites (N-methyl/N-ethyl adjacent to an activating group) is 1. The minimum Gasteiger partial charge on any atom is -0.496 e. The molecule has 0 aliphatic heterocycles. The van der Waals surface area contributed by atoms with Crippen molar-refractivity contribution in [1.29, 1.82) is 0 Å². The smallest absolute Gasteiger partial charge is 0.242 e. The number of carbonyl (C=O) groups is 1. The molecule has 1 unspecified atom stereocenters. The molecular formula is C17H23N3O3. The molecule has 0 saturated heterocycles. The normalized spacial score (nSPS) is 12.2. The quantitative estimate of drug-likeness (QED) is 0.850. The third-order valence-electron chi connectivity index (χ3n) is 3.71. The van der Waals surface area contributed by atoms with E-state index in [4.69, 9.17) is 9.26 Å². The highest BCUT2D eigenvalue weighted by Crippen LogP contribution is 2.20. The van der Waals surface area contributed by atoms with Crippen LogP contribution in [0.5, 0.6) is 5.75 Å². The van der Waals surface area contributed by atoms with Crippen molar-refractivity contribution in [3.8, 4) is 5.75 Å². The summed E-state index contributed by atoms with van der Waals surface area (Å²) in [5.41, 5.74) is 1.04. The van der Waals surface area contributed by atoms with Crippen molar-refractivity contribution in [1.82, 2.24) is 10.1 Å². The summed E-state index contributed by atoms with van der Waals surface area (Å²) in [5.74, 6) is 1.83. The standard InChI is InChI=1S/C17H23N3O3/c1-5-14(17(21)18-16-10-12(2)23-19-16)20(3)11-13-8-6-7-9-15(13)22-4/h6-10,14H,5,11H2,1-4H3,(H,18,19,21). The molecular weight excluding hydrogens is 294 g/mol. The van der Waals surface area contributed by atoms with Crippen molar-refractivity contribution < 1.29 is 14.1 Å². The van der Waals surface area contributed by atoms with Crippen molar-refractivity contribution in [2.24, 2.45) is 0 Å². The molecule has 0 aliphatic rings. The van der Waals surface area contributed by atoms with Crippen LogP contribution in [-0.4, -0.2) is 36.2 Å². The second kappa shape index (κ2) is 7.78. The van der Waals surface area contributed by atoms with Crippen LogP contribution in [0, 0.1) is 6.92 Å². The first-order valence-electron chi connectivity index (χ1n) is 7.61. The van der Waals surface area contributed by atoms with Gasteiger partial charge < -0.3 is 14.6 Å². The van der Waals surface area contributed by atoms with Crippen LogP contribution in [0.25, 0.3) is 0 Å². The molecule has 1 N–H and O–H groups in total. The number of para-hydroxylation sites is 1. The largest absolute Gasteiger partial charge is 0.496 e. The van der Waals surface area contributed by atoms with Crippen molar-refractivity contribution in [2.45, 2.75) is 32.9 Å². The summed E-state index contributed by atoms with van der Waals surface area (Å²) < 4.78 is 10.3. The summed E-state index contributed by atoms with van der Waals surface area (Å²) in [5, 5.41) is 6.59. The molecule has 1 aromatic carbocycles. The highest BCUT2D eigenvalue weighted by molar-refractivity contribution is 5.93. The zero-order valence-corrected chi connectivity index (χ0v) is 14.0. The van der Waals surface area contributed by atoms with Crippen LogP contribution in [0.3, 0.4) is 0 Å². The van der Waals surface area contributed by atoms with Gasteiger partial charge in [0.15, 0.2) is 5.82 Å². The third kappa shape index (κ3) is 4.32. The topological polar surface area (TPSA) is 67.6 Å². The highest BCUT2D eigenvalue weighted by atomic mass is 16.5. The average Bonchev–Trinajstić information content (AvgIpc) is 2.93. The number of hydrogen-bond acceptors (Lipinski definition) is 5. The van der Waals surface area contributed by atoms with E-state index >= 15 is 0 Å². The summed E-state index contributed by atoms with van der Waals surface area (Å²) in [6.07, 6.45) is 0.689. The summed E-state index contributed by atoms with van der Waals surface area (Å²) >= 11 is 0. The third-order valence-corrected chi connectivity index (χ3v) is 3.71. The van der Waals surface area contributed by atoms with Gasteiger partial charge in [0, 0.05) is 18.2 Å². The fourth-order valence-electron chi connectivity index (χ4n) is 2.54. The number of amides is 1. The van der Waals surface area contributed by atoms with Gasteiger partial charge >= 0.3 is 0 Å². The number of carbonyl (C=O) groups excluding carboxylic acids is 1. The van der Waals surface area contributed by atoms with Crippen LogP contribution in [0.4, 0.5) is 5.82 Å². The number of hydrogen-bond donors (Lipinski definition) is 1. The molecule has 23 heavy (non-hydrogen) atoms.